The lowest BCUT2D eigenvalue weighted by atomic mass is 9.92. The van der Waals surface area contributed by atoms with E-state index < -0.39 is 0 Å². The van der Waals surface area contributed by atoms with E-state index >= 15 is 0 Å². The van der Waals surface area contributed by atoms with Crippen LogP contribution in [0.3, 0.4) is 0 Å². The maximum absolute atomic E-state index is 2.27. The van der Waals surface area contributed by atoms with Crippen molar-refractivity contribution in [2.75, 3.05) is 0 Å². The molecule has 2 aromatic carbocycles. The number of fused-ring (bicyclic) bond motifs is 3. The van der Waals surface area contributed by atoms with Gasteiger partial charge in [-0.15, -0.1) is 0 Å². The molecule has 4 rings (SSSR count). The summed E-state index contributed by atoms with van der Waals surface area (Å²) in [5, 5.41) is 2.73. The molecule has 0 heteroatoms. The second-order valence-corrected chi connectivity index (χ2v) is 5.57. The lowest BCUT2D eigenvalue weighted by Gasteiger charge is -2.12. The zero-order chi connectivity index (χ0) is 12.9. The molecule has 0 aliphatic heterocycles. The van der Waals surface area contributed by atoms with Crippen molar-refractivity contribution < 1.29 is 0 Å². The maximum Gasteiger partial charge on any atom is -0.0109 e. The molecule has 0 heterocycles. The first kappa shape index (κ1) is 12.5. The predicted octanol–water partition coefficient (Wildman–Crippen LogP) is 5.75. The van der Waals surface area contributed by atoms with Gasteiger partial charge in [-0.05, 0) is 34.7 Å². The van der Waals surface area contributed by atoms with Gasteiger partial charge in [-0.25, -0.2) is 0 Å². The molecule has 0 bridgehead atoms. The van der Waals surface area contributed by atoms with Crippen molar-refractivity contribution in [1.29, 1.82) is 0 Å². The van der Waals surface area contributed by atoms with Crippen molar-refractivity contribution in [3.63, 3.8) is 0 Å². The van der Waals surface area contributed by atoms with Crippen molar-refractivity contribution in [1.82, 2.24) is 0 Å². The Kier molecular flexibility index (Phi) is 3.98. The van der Waals surface area contributed by atoms with Gasteiger partial charge in [-0.2, -0.15) is 0 Å². The van der Waals surface area contributed by atoms with E-state index in [1.807, 2.05) is 0 Å². The van der Waals surface area contributed by atoms with Gasteiger partial charge in [-0.1, -0.05) is 80.7 Å². The molecule has 19 heavy (non-hydrogen) atoms. The zero-order valence-corrected chi connectivity index (χ0v) is 11.6. The molecule has 0 aromatic heterocycles. The molecule has 1 fully saturated rings. The fraction of sp³-hybridized carbons (Fsp3) is 0.368. The molecule has 0 spiro atoms. The van der Waals surface area contributed by atoms with Crippen molar-refractivity contribution in [2.24, 2.45) is 0 Å². The van der Waals surface area contributed by atoms with Gasteiger partial charge in [0.1, 0.15) is 0 Å². The second-order valence-electron chi connectivity index (χ2n) is 5.57. The van der Waals surface area contributed by atoms with Gasteiger partial charge in [0.05, 0.1) is 0 Å². The highest BCUT2D eigenvalue weighted by molar-refractivity contribution is 5.92. The van der Waals surface area contributed by atoms with E-state index in [1.165, 1.54) is 66.8 Å². The molecule has 98 valence electrons. The number of hydrogen-bond acceptors (Lipinski definition) is 0. The summed E-state index contributed by atoms with van der Waals surface area (Å²) in [6, 6.07) is 13.1. The highest BCUT2D eigenvalue weighted by Gasteiger charge is 2.06. The van der Waals surface area contributed by atoms with E-state index in [1.54, 1.807) is 0 Å². The molecule has 0 amide bonds. The normalized spacial score (nSPS) is 16.8. The lowest BCUT2D eigenvalue weighted by molar-refractivity contribution is 0.886. The topological polar surface area (TPSA) is 0 Å². The first-order chi connectivity index (χ1) is 9.45. The first-order valence-corrected chi connectivity index (χ1v) is 7.62. The van der Waals surface area contributed by atoms with Crippen LogP contribution in [0.2, 0.25) is 0 Å². The van der Waals surface area contributed by atoms with Gasteiger partial charge in [0, 0.05) is 0 Å². The number of rotatable bonds is 0. The summed E-state index contributed by atoms with van der Waals surface area (Å²) in [7, 11) is 0. The van der Waals surface area contributed by atoms with Crippen molar-refractivity contribution >= 4 is 16.8 Å². The third kappa shape index (κ3) is 2.89. The predicted molar refractivity (Wildman–Crippen MR) is 84.4 cm³/mol. The lowest BCUT2D eigenvalue weighted by Crippen LogP contribution is -1.94. The minimum absolute atomic E-state index is 1.19. The zero-order valence-electron chi connectivity index (χ0n) is 11.6. The third-order valence-electron chi connectivity index (χ3n) is 4.18. The van der Waals surface area contributed by atoms with Gasteiger partial charge in [-0.3, -0.25) is 0 Å². The highest BCUT2D eigenvalue weighted by Crippen LogP contribution is 2.27. The van der Waals surface area contributed by atoms with Crippen LogP contribution >= 0.6 is 0 Å². The van der Waals surface area contributed by atoms with Crippen molar-refractivity contribution in [2.45, 2.75) is 44.9 Å². The van der Waals surface area contributed by atoms with Crippen LogP contribution in [0.5, 0.6) is 0 Å². The summed E-state index contributed by atoms with van der Waals surface area (Å²) < 4.78 is 0. The van der Waals surface area contributed by atoms with Crippen LogP contribution < -0.4 is 0 Å². The van der Waals surface area contributed by atoms with Crippen molar-refractivity contribution in [3.8, 4) is 0 Å². The molecule has 0 saturated heterocycles. The molecule has 0 radical (unpaired) electrons. The van der Waals surface area contributed by atoms with Crippen LogP contribution in [0.15, 0.2) is 42.5 Å². The quantitative estimate of drug-likeness (QED) is 0.558. The van der Waals surface area contributed by atoms with Crippen LogP contribution in [0.25, 0.3) is 16.8 Å². The Morgan fingerprint density at radius 2 is 1.47 bits per heavy atom. The Morgan fingerprint density at radius 1 is 0.737 bits per heavy atom. The van der Waals surface area contributed by atoms with Crippen LogP contribution in [-0.2, 0) is 6.42 Å². The Hall–Kier alpha value is -1.56. The Labute approximate surface area is 116 Å². The average molecular weight is 250 g/mol. The van der Waals surface area contributed by atoms with E-state index in [-0.39, 0.29) is 0 Å². The fourth-order valence-electron chi connectivity index (χ4n) is 3.08. The minimum atomic E-state index is 1.19. The summed E-state index contributed by atoms with van der Waals surface area (Å²) in [6.45, 7) is 0. The molecule has 2 aromatic rings. The number of allylic oxidation sites excluding steroid dienone is 1. The Balaban J connectivity index is 0.000000187. The summed E-state index contributed by atoms with van der Waals surface area (Å²) in [6.07, 6.45) is 14.4. The summed E-state index contributed by atoms with van der Waals surface area (Å²) in [5.41, 5.74) is 2.92. The monoisotopic (exact) mass is 250 g/mol. The standard InChI is InChI=1S/C14H12.C5H10/c1-3-7-13-11(5-1)9-10-12-6-2-4-8-14(12)13;1-2-4-5-3-1/h1,3-5,7-10H,2,6H2;1-5H2. The van der Waals surface area contributed by atoms with Crippen LogP contribution in [0.1, 0.15) is 49.7 Å². The fourth-order valence-corrected chi connectivity index (χ4v) is 3.08. The van der Waals surface area contributed by atoms with Gasteiger partial charge >= 0.3 is 0 Å². The molecular weight excluding hydrogens is 228 g/mol. The number of hydrogen-bond donors (Lipinski definition) is 0. The highest BCUT2D eigenvalue weighted by atomic mass is 14.1. The van der Waals surface area contributed by atoms with E-state index in [9.17, 15) is 0 Å². The molecule has 2 aliphatic rings. The van der Waals surface area contributed by atoms with E-state index in [2.05, 4.69) is 48.6 Å². The van der Waals surface area contributed by atoms with E-state index in [0.29, 0.717) is 0 Å². The van der Waals surface area contributed by atoms with Gasteiger partial charge in [0.2, 0.25) is 0 Å². The molecule has 1 saturated carbocycles. The number of benzene rings is 2. The third-order valence-corrected chi connectivity index (χ3v) is 4.18. The van der Waals surface area contributed by atoms with Crippen LogP contribution in [0.4, 0.5) is 0 Å². The van der Waals surface area contributed by atoms with E-state index in [0.717, 1.165) is 0 Å². The SMILES string of the molecule is C1=Cc2c(ccc3ccccc23)CC1.C1CCCC1. The molecule has 0 unspecified atom stereocenters. The van der Waals surface area contributed by atoms with Crippen LogP contribution in [0, 0.1) is 0 Å². The molecule has 0 N–H and O–H groups in total. The van der Waals surface area contributed by atoms with Gasteiger partial charge in [0.25, 0.3) is 0 Å². The maximum atomic E-state index is 2.27. The molecule has 0 nitrogen and oxygen atoms in total. The van der Waals surface area contributed by atoms with Gasteiger partial charge in [0.15, 0.2) is 0 Å². The minimum Gasteiger partial charge on any atom is -0.0836 e. The second kappa shape index (κ2) is 6.06. The number of aryl methyl sites for hydroxylation is 1. The van der Waals surface area contributed by atoms with Crippen LogP contribution in [-0.4, -0.2) is 0 Å². The average Bonchev–Trinajstić information content (AvgIpc) is 3.07. The van der Waals surface area contributed by atoms with Crippen molar-refractivity contribution in [3.05, 3.63) is 53.6 Å². The first-order valence-electron chi connectivity index (χ1n) is 7.62. The Morgan fingerprint density at radius 3 is 2.26 bits per heavy atom. The molecule has 0 atom stereocenters. The van der Waals surface area contributed by atoms with Gasteiger partial charge < -0.3 is 0 Å². The summed E-state index contributed by atoms with van der Waals surface area (Å²) >= 11 is 0. The molecule has 2 aliphatic carbocycles. The molecular formula is C19H22. The largest absolute Gasteiger partial charge is 0.0836 e. The van der Waals surface area contributed by atoms with E-state index in [4.69, 9.17) is 0 Å². The smallest absolute Gasteiger partial charge is 0.0109 e. The summed E-state index contributed by atoms with van der Waals surface area (Å²) in [5.74, 6) is 0. The Bertz CT molecular complexity index is 566. The summed E-state index contributed by atoms with van der Waals surface area (Å²) in [4.78, 5) is 0.